The standard InChI is InChI=1S/C10H8N2O2S/c13-10(14)15-5-12-9-7-4-11-3-6(7)1-2-8(9)15/h1-5,11,15H,(H,13,14). The van der Waals surface area contributed by atoms with Crippen molar-refractivity contribution in [3.8, 4) is 0 Å². The zero-order valence-corrected chi connectivity index (χ0v) is 8.53. The number of aromatic nitrogens is 1. The summed E-state index contributed by atoms with van der Waals surface area (Å²) in [6.07, 6.45) is 3.73. The van der Waals surface area contributed by atoms with E-state index in [1.807, 2.05) is 24.5 Å². The Morgan fingerprint density at radius 3 is 3.07 bits per heavy atom. The van der Waals surface area contributed by atoms with Gasteiger partial charge in [-0.1, -0.05) is 17.0 Å². The molecule has 0 aliphatic carbocycles. The fraction of sp³-hybridized carbons (Fsp3) is 0. The second-order valence-corrected chi connectivity index (χ2v) is 5.12. The number of fused-ring (bicyclic) bond motifs is 3. The topological polar surface area (TPSA) is 65.4 Å². The molecule has 2 N–H and O–H groups in total. The van der Waals surface area contributed by atoms with Gasteiger partial charge in [0.25, 0.3) is 0 Å². The van der Waals surface area contributed by atoms with Gasteiger partial charge in [0.2, 0.25) is 0 Å². The fourth-order valence-electron chi connectivity index (χ4n) is 1.76. The molecule has 1 aliphatic heterocycles. The average molecular weight is 220 g/mol. The van der Waals surface area contributed by atoms with E-state index < -0.39 is 16.2 Å². The number of thiol groups is 1. The first-order chi connectivity index (χ1) is 7.27. The Labute approximate surface area is 88.0 Å². The van der Waals surface area contributed by atoms with Crippen LogP contribution in [0.4, 0.5) is 10.5 Å². The number of hydrogen-bond donors (Lipinski definition) is 3. The molecule has 0 saturated carbocycles. The minimum absolute atomic E-state index is 0.789. The zero-order chi connectivity index (χ0) is 10.4. The largest absolute Gasteiger partial charge is 0.474 e. The van der Waals surface area contributed by atoms with Gasteiger partial charge in [0, 0.05) is 28.1 Å². The van der Waals surface area contributed by atoms with Crippen molar-refractivity contribution in [3.63, 3.8) is 0 Å². The van der Waals surface area contributed by atoms with E-state index in [0.717, 1.165) is 21.4 Å². The Morgan fingerprint density at radius 2 is 2.27 bits per heavy atom. The van der Waals surface area contributed by atoms with Crippen molar-refractivity contribution in [3.05, 3.63) is 24.5 Å². The molecule has 1 aromatic carbocycles. The van der Waals surface area contributed by atoms with E-state index >= 15 is 0 Å². The molecule has 5 heteroatoms. The van der Waals surface area contributed by atoms with Crippen LogP contribution in [0.1, 0.15) is 0 Å². The monoisotopic (exact) mass is 220 g/mol. The molecule has 0 spiro atoms. The van der Waals surface area contributed by atoms with Crippen molar-refractivity contribution >= 4 is 38.2 Å². The highest BCUT2D eigenvalue weighted by Crippen LogP contribution is 2.49. The van der Waals surface area contributed by atoms with Gasteiger partial charge >= 0.3 is 5.30 Å². The summed E-state index contributed by atoms with van der Waals surface area (Å²) < 4.78 is 0. The summed E-state index contributed by atoms with van der Waals surface area (Å²) in [5.41, 5.74) is 2.36. The lowest BCUT2D eigenvalue weighted by Gasteiger charge is -2.07. The highest BCUT2D eigenvalue weighted by molar-refractivity contribution is 8.40. The van der Waals surface area contributed by atoms with Crippen molar-refractivity contribution < 1.29 is 9.90 Å². The summed E-state index contributed by atoms with van der Waals surface area (Å²) >= 11 is 0. The van der Waals surface area contributed by atoms with Gasteiger partial charge in [0.1, 0.15) is 0 Å². The number of aliphatic imine (C=N–C) groups is 1. The second-order valence-electron chi connectivity index (χ2n) is 3.29. The van der Waals surface area contributed by atoms with Crippen LogP contribution < -0.4 is 0 Å². The van der Waals surface area contributed by atoms with Crippen LogP contribution in [-0.2, 0) is 0 Å². The molecule has 3 rings (SSSR count). The van der Waals surface area contributed by atoms with Gasteiger partial charge < -0.3 is 10.1 Å². The second kappa shape index (κ2) is 2.87. The van der Waals surface area contributed by atoms with E-state index in [-0.39, 0.29) is 0 Å². The summed E-state index contributed by atoms with van der Waals surface area (Å²) in [6.45, 7) is 0. The normalized spacial score (nSPS) is 20.7. The van der Waals surface area contributed by atoms with E-state index in [9.17, 15) is 4.79 Å². The Morgan fingerprint density at radius 1 is 1.40 bits per heavy atom. The molecule has 76 valence electrons. The summed E-state index contributed by atoms with van der Waals surface area (Å²) in [5, 5.41) is 10.3. The third-order valence-electron chi connectivity index (χ3n) is 2.46. The van der Waals surface area contributed by atoms with E-state index in [1.165, 1.54) is 0 Å². The highest BCUT2D eigenvalue weighted by atomic mass is 32.2. The summed E-state index contributed by atoms with van der Waals surface area (Å²) in [6, 6.07) is 3.79. The summed E-state index contributed by atoms with van der Waals surface area (Å²) in [5.74, 6) is 0. The van der Waals surface area contributed by atoms with E-state index in [1.54, 1.807) is 5.55 Å². The molecule has 0 fully saturated rings. The lowest BCUT2D eigenvalue weighted by molar-refractivity contribution is 0.222. The molecule has 1 atom stereocenters. The third-order valence-corrected chi connectivity index (χ3v) is 4.10. The van der Waals surface area contributed by atoms with Crippen LogP contribution in [0.2, 0.25) is 0 Å². The van der Waals surface area contributed by atoms with Crippen LogP contribution >= 0.6 is 10.9 Å². The quantitative estimate of drug-likeness (QED) is 0.598. The molecule has 0 radical (unpaired) electrons. The SMILES string of the molecule is O=C(O)[SH]1C=Nc2c1ccc1c[nH]cc21. The number of carbonyl (C=O) groups is 1. The molecule has 2 aromatic rings. The number of aromatic amines is 1. The van der Waals surface area contributed by atoms with Gasteiger partial charge in [-0.25, -0.2) is 9.79 Å². The summed E-state index contributed by atoms with van der Waals surface area (Å²) in [4.78, 5) is 19.0. The first kappa shape index (κ1) is 8.55. The fourth-order valence-corrected chi connectivity index (χ4v) is 3.07. The van der Waals surface area contributed by atoms with Crippen molar-refractivity contribution in [1.82, 2.24) is 4.98 Å². The van der Waals surface area contributed by atoms with Gasteiger partial charge in [-0.05, 0) is 6.07 Å². The maximum absolute atomic E-state index is 11.0. The van der Waals surface area contributed by atoms with Crippen LogP contribution in [0, 0.1) is 0 Å². The van der Waals surface area contributed by atoms with Crippen molar-refractivity contribution in [2.75, 3.05) is 0 Å². The lowest BCUT2D eigenvalue weighted by atomic mass is 10.2. The van der Waals surface area contributed by atoms with Gasteiger partial charge in [0.05, 0.1) is 11.2 Å². The van der Waals surface area contributed by atoms with Crippen LogP contribution in [0.25, 0.3) is 10.8 Å². The molecule has 1 unspecified atom stereocenters. The lowest BCUT2D eigenvalue weighted by Crippen LogP contribution is -1.92. The van der Waals surface area contributed by atoms with E-state index in [2.05, 4.69) is 9.98 Å². The minimum Gasteiger partial charge on any atom is -0.474 e. The van der Waals surface area contributed by atoms with Crippen molar-refractivity contribution in [2.24, 2.45) is 4.99 Å². The zero-order valence-electron chi connectivity index (χ0n) is 7.64. The molecule has 0 bridgehead atoms. The average Bonchev–Trinajstić information content (AvgIpc) is 2.82. The molecular formula is C10H8N2O2S. The predicted molar refractivity (Wildman–Crippen MR) is 61.7 cm³/mol. The Bertz CT molecular complexity index is 588. The number of nitrogens with one attached hydrogen (secondary N) is 1. The van der Waals surface area contributed by atoms with Crippen molar-refractivity contribution in [1.29, 1.82) is 0 Å². The summed E-state index contributed by atoms with van der Waals surface area (Å²) in [7, 11) is -1.26. The molecule has 4 nitrogen and oxygen atoms in total. The number of benzene rings is 1. The maximum Gasteiger partial charge on any atom is 0.353 e. The Kier molecular flexibility index (Phi) is 1.63. The molecule has 15 heavy (non-hydrogen) atoms. The molecule has 2 heterocycles. The first-order valence-corrected chi connectivity index (χ1v) is 5.84. The maximum atomic E-state index is 11.0. The van der Waals surface area contributed by atoms with Gasteiger partial charge in [-0.3, -0.25) is 0 Å². The number of carboxylic acid groups (broad SMARTS) is 1. The number of hydrogen-bond acceptors (Lipinski definition) is 2. The van der Waals surface area contributed by atoms with Crippen molar-refractivity contribution in [2.45, 2.75) is 4.90 Å². The van der Waals surface area contributed by atoms with Crippen LogP contribution in [-0.4, -0.2) is 20.9 Å². The predicted octanol–water partition coefficient (Wildman–Crippen LogP) is 2.88. The Balaban J connectivity index is 2.30. The number of rotatable bonds is 0. The first-order valence-electron chi connectivity index (χ1n) is 4.43. The van der Waals surface area contributed by atoms with Gasteiger partial charge in [-0.15, -0.1) is 0 Å². The van der Waals surface area contributed by atoms with E-state index in [0.29, 0.717) is 0 Å². The van der Waals surface area contributed by atoms with Gasteiger partial charge in [-0.2, -0.15) is 0 Å². The van der Waals surface area contributed by atoms with Crippen LogP contribution in [0.15, 0.2) is 34.4 Å². The minimum atomic E-state index is -1.26. The molecule has 0 saturated heterocycles. The van der Waals surface area contributed by atoms with E-state index in [4.69, 9.17) is 5.11 Å². The van der Waals surface area contributed by atoms with Crippen LogP contribution in [0.3, 0.4) is 0 Å². The molecule has 0 amide bonds. The number of H-pyrrole nitrogens is 1. The number of nitrogens with zero attached hydrogens (tertiary/aromatic N) is 1. The van der Waals surface area contributed by atoms with Crippen LogP contribution in [0.5, 0.6) is 0 Å². The molecule has 1 aromatic heterocycles. The van der Waals surface area contributed by atoms with Gasteiger partial charge in [0.15, 0.2) is 0 Å². The highest BCUT2D eigenvalue weighted by Gasteiger charge is 2.22. The smallest absolute Gasteiger partial charge is 0.353 e. The molecule has 1 aliphatic rings. The third kappa shape index (κ3) is 1.10. The Hall–Kier alpha value is -1.75. The molecular weight excluding hydrogens is 212 g/mol.